The molecule has 1 amide bonds. The van der Waals surface area contributed by atoms with Crippen molar-refractivity contribution in [3.05, 3.63) is 37.9 Å². The zero-order chi connectivity index (χ0) is 16.3. The molecule has 0 spiro atoms. The number of hydrogen-bond donors (Lipinski definition) is 3. The number of non-ortho nitro benzene ring substituents is 1. The summed E-state index contributed by atoms with van der Waals surface area (Å²) in [7, 11) is 0. The summed E-state index contributed by atoms with van der Waals surface area (Å²) >= 11 is 11.5. The summed E-state index contributed by atoms with van der Waals surface area (Å²) in [6.45, 7) is 1.17. The predicted octanol–water partition coefficient (Wildman–Crippen LogP) is 1.47. The van der Waals surface area contributed by atoms with E-state index < -0.39 is 34.6 Å². The minimum absolute atomic E-state index is 0.222. The van der Waals surface area contributed by atoms with Crippen LogP contribution in [0.4, 0.5) is 5.69 Å². The van der Waals surface area contributed by atoms with Crippen LogP contribution in [0.25, 0.3) is 0 Å². The first-order chi connectivity index (χ1) is 9.65. The van der Waals surface area contributed by atoms with Crippen molar-refractivity contribution in [3.8, 4) is 0 Å². The molecule has 3 N–H and O–H groups in total. The van der Waals surface area contributed by atoms with Gasteiger partial charge in [0, 0.05) is 12.1 Å². The van der Waals surface area contributed by atoms with Gasteiger partial charge in [-0.05, 0) is 6.92 Å². The number of carbonyl (C=O) groups is 2. The number of nitrogens with one attached hydrogen (secondary N) is 1. The van der Waals surface area contributed by atoms with Crippen LogP contribution in [-0.4, -0.2) is 39.2 Å². The Balaban J connectivity index is 3.18. The van der Waals surface area contributed by atoms with Gasteiger partial charge in [-0.2, -0.15) is 0 Å². The molecule has 0 saturated heterocycles. The summed E-state index contributed by atoms with van der Waals surface area (Å²) in [6, 6.07) is 0.237. The van der Waals surface area contributed by atoms with Crippen LogP contribution in [0.1, 0.15) is 17.3 Å². The monoisotopic (exact) mass is 336 g/mol. The fraction of sp³-hybridized carbons (Fsp3) is 0.273. The second kappa shape index (κ2) is 6.70. The fourth-order valence-corrected chi connectivity index (χ4v) is 1.86. The van der Waals surface area contributed by atoms with Crippen molar-refractivity contribution in [2.24, 2.45) is 0 Å². The molecule has 1 aromatic rings. The normalized spacial score (nSPS) is 13.3. The highest BCUT2D eigenvalue weighted by Gasteiger charge is 2.27. The lowest BCUT2D eigenvalue weighted by molar-refractivity contribution is -0.384. The molecule has 2 atom stereocenters. The van der Waals surface area contributed by atoms with E-state index in [2.05, 4.69) is 0 Å². The van der Waals surface area contributed by atoms with Crippen LogP contribution < -0.4 is 5.32 Å². The molecule has 21 heavy (non-hydrogen) atoms. The Bertz CT molecular complexity index is 605. The summed E-state index contributed by atoms with van der Waals surface area (Å²) in [5.74, 6) is -2.47. The van der Waals surface area contributed by atoms with Crippen LogP contribution in [0.15, 0.2) is 12.1 Å². The van der Waals surface area contributed by atoms with Gasteiger partial charge in [0.05, 0.1) is 26.6 Å². The molecule has 0 unspecified atom stereocenters. The number of halogens is 2. The van der Waals surface area contributed by atoms with E-state index in [-0.39, 0.29) is 15.6 Å². The van der Waals surface area contributed by atoms with Crippen molar-refractivity contribution in [2.75, 3.05) is 0 Å². The molecule has 0 aliphatic heterocycles. The van der Waals surface area contributed by atoms with Gasteiger partial charge >= 0.3 is 5.97 Å². The third-order valence-corrected chi connectivity index (χ3v) is 3.31. The van der Waals surface area contributed by atoms with E-state index in [1.165, 1.54) is 6.92 Å². The van der Waals surface area contributed by atoms with Gasteiger partial charge in [0.2, 0.25) is 0 Å². The van der Waals surface area contributed by atoms with E-state index in [4.69, 9.17) is 28.3 Å². The lowest BCUT2D eigenvalue weighted by atomic mass is 10.1. The zero-order valence-electron chi connectivity index (χ0n) is 10.5. The first-order valence-corrected chi connectivity index (χ1v) is 6.26. The number of benzene rings is 1. The number of carboxylic acid groups (broad SMARTS) is 1. The number of amides is 1. The summed E-state index contributed by atoms with van der Waals surface area (Å²) in [5.41, 5.74) is -0.832. The number of hydrogen-bond acceptors (Lipinski definition) is 5. The average Bonchev–Trinajstić information content (AvgIpc) is 2.37. The van der Waals surface area contributed by atoms with Crippen LogP contribution in [0.2, 0.25) is 10.0 Å². The molecule has 1 aromatic carbocycles. The van der Waals surface area contributed by atoms with Gasteiger partial charge in [-0.15, -0.1) is 0 Å². The number of aliphatic hydroxyl groups is 1. The van der Waals surface area contributed by atoms with Crippen LogP contribution in [0.3, 0.4) is 0 Å². The number of rotatable bonds is 5. The van der Waals surface area contributed by atoms with E-state index in [0.29, 0.717) is 0 Å². The molecule has 0 bridgehead atoms. The van der Waals surface area contributed by atoms with Gasteiger partial charge in [-0.1, -0.05) is 23.2 Å². The van der Waals surface area contributed by atoms with E-state index in [0.717, 1.165) is 12.1 Å². The van der Waals surface area contributed by atoms with E-state index in [9.17, 15) is 24.8 Å². The highest BCUT2D eigenvalue weighted by molar-refractivity contribution is 6.44. The zero-order valence-corrected chi connectivity index (χ0v) is 12.1. The molecule has 0 saturated carbocycles. The number of nitrogens with zero attached hydrogens (tertiary/aromatic N) is 1. The van der Waals surface area contributed by atoms with Gasteiger partial charge in [-0.3, -0.25) is 14.9 Å². The standard InChI is InChI=1S/C11H10Cl2N2O6/c1-4(16)9(11(18)19)14-10(17)6-2-5(15(20)21)3-7(12)8(6)13/h2-4,9,16H,1H3,(H,14,17)(H,18,19)/t4-,9+/m1/s1. The summed E-state index contributed by atoms with van der Waals surface area (Å²) in [5, 5.41) is 30.4. The number of carbonyl (C=O) groups excluding carboxylic acids is 1. The molecule has 1 rings (SSSR count). The first-order valence-electron chi connectivity index (χ1n) is 5.50. The van der Waals surface area contributed by atoms with Gasteiger partial charge in [0.15, 0.2) is 6.04 Å². The molecule has 0 fully saturated rings. The molecule has 10 heteroatoms. The molecule has 0 heterocycles. The largest absolute Gasteiger partial charge is 0.480 e. The Kier molecular flexibility index (Phi) is 5.47. The van der Waals surface area contributed by atoms with Crippen molar-refractivity contribution >= 4 is 40.8 Å². The van der Waals surface area contributed by atoms with Crippen molar-refractivity contribution < 1.29 is 24.7 Å². The Morgan fingerprint density at radius 1 is 1.38 bits per heavy atom. The maximum atomic E-state index is 12.0. The quantitative estimate of drug-likeness (QED) is 0.551. The third-order valence-electron chi connectivity index (χ3n) is 2.50. The van der Waals surface area contributed by atoms with E-state index in [1.54, 1.807) is 0 Å². The van der Waals surface area contributed by atoms with Gasteiger partial charge in [-0.25, -0.2) is 4.79 Å². The smallest absolute Gasteiger partial charge is 0.328 e. The van der Waals surface area contributed by atoms with Gasteiger partial charge in [0.25, 0.3) is 11.6 Å². The summed E-state index contributed by atoms with van der Waals surface area (Å²) in [4.78, 5) is 32.8. The summed E-state index contributed by atoms with van der Waals surface area (Å²) in [6.07, 6.45) is -1.38. The van der Waals surface area contributed by atoms with Crippen molar-refractivity contribution in [1.29, 1.82) is 0 Å². The van der Waals surface area contributed by atoms with Crippen molar-refractivity contribution in [1.82, 2.24) is 5.32 Å². The summed E-state index contributed by atoms with van der Waals surface area (Å²) < 4.78 is 0. The number of carboxylic acids is 1. The number of aliphatic carboxylic acids is 1. The van der Waals surface area contributed by atoms with Crippen LogP contribution >= 0.6 is 23.2 Å². The lowest BCUT2D eigenvalue weighted by Gasteiger charge is -2.17. The fourth-order valence-electron chi connectivity index (χ4n) is 1.45. The van der Waals surface area contributed by atoms with Crippen LogP contribution in [0, 0.1) is 10.1 Å². The highest BCUT2D eigenvalue weighted by atomic mass is 35.5. The van der Waals surface area contributed by atoms with E-state index in [1.807, 2.05) is 5.32 Å². The van der Waals surface area contributed by atoms with Crippen molar-refractivity contribution in [3.63, 3.8) is 0 Å². The Labute approximate surface area is 128 Å². The maximum absolute atomic E-state index is 12.0. The Hall–Kier alpha value is -1.90. The molecule has 0 aromatic heterocycles. The van der Waals surface area contributed by atoms with Crippen LogP contribution in [-0.2, 0) is 4.79 Å². The molecular weight excluding hydrogens is 327 g/mol. The maximum Gasteiger partial charge on any atom is 0.328 e. The third kappa shape index (κ3) is 4.03. The second-order valence-corrected chi connectivity index (χ2v) is 4.86. The van der Waals surface area contributed by atoms with E-state index >= 15 is 0 Å². The first kappa shape index (κ1) is 17.2. The molecule has 114 valence electrons. The number of nitro benzene ring substituents is 1. The molecule has 0 aliphatic carbocycles. The Morgan fingerprint density at radius 2 is 1.95 bits per heavy atom. The average molecular weight is 337 g/mol. The number of nitro groups is 1. The molecular formula is C11H10Cl2N2O6. The van der Waals surface area contributed by atoms with Crippen LogP contribution in [0.5, 0.6) is 0 Å². The molecule has 0 aliphatic rings. The highest BCUT2D eigenvalue weighted by Crippen LogP contribution is 2.30. The molecule has 8 nitrogen and oxygen atoms in total. The number of aliphatic hydroxyl groups excluding tert-OH is 1. The van der Waals surface area contributed by atoms with Gasteiger partial charge < -0.3 is 15.5 Å². The lowest BCUT2D eigenvalue weighted by Crippen LogP contribution is -2.47. The SMILES string of the molecule is C[C@@H](O)[C@H](NC(=O)c1cc([N+](=O)[O-])cc(Cl)c1Cl)C(=O)O. The topological polar surface area (TPSA) is 130 Å². The Morgan fingerprint density at radius 3 is 2.38 bits per heavy atom. The minimum Gasteiger partial charge on any atom is -0.480 e. The molecule has 0 radical (unpaired) electrons. The minimum atomic E-state index is -1.59. The van der Waals surface area contributed by atoms with Gasteiger partial charge in [0.1, 0.15) is 0 Å². The second-order valence-electron chi connectivity index (χ2n) is 4.08. The predicted molar refractivity (Wildman–Crippen MR) is 73.7 cm³/mol. The van der Waals surface area contributed by atoms with Crippen molar-refractivity contribution in [2.45, 2.75) is 19.1 Å².